The molecule has 0 saturated carbocycles. The number of aromatic nitrogens is 2. The molecule has 0 bridgehead atoms. The minimum Gasteiger partial charge on any atom is -0.425 e. The van der Waals surface area contributed by atoms with Crippen molar-refractivity contribution >= 4 is 23.3 Å². The van der Waals surface area contributed by atoms with E-state index < -0.39 is 24.4 Å². The first-order chi connectivity index (χ1) is 18.1. The second-order valence-corrected chi connectivity index (χ2v) is 8.70. The second kappa shape index (κ2) is 11.5. The van der Waals surface area contributed by atoms with Gasteiger partial charge >= 0.3 is 12.4 Å². The fraction of sp³-hybridized carbons (Fsp3) is 0.333. The van der Waals surface area contributed by atoms with Gasteiger partial charge in [0.05, 0.1) is 19.8 Å². The zero-order valence-electron chi connectivity index (χ0n) is 20.2. The van der Waals surface area contributed by atoms with Gasteiger partial charge in [0.2, 0.25) is 6.35 Å². The van der Waals surface area contributed by atoms with E-state index in [-0.39, 0.29) is 43.0 Å². The van der Waals surface area contributed by atoms with Crippen molar-refractivity contribution in [2.24, 2.45) is 5.73 Å². The predicted molar refractivity (Wildman–Crippen MR) is 131 cm³/mol. The van der Waals surface area contributed by atoms with Crippen LogP contribution in [-0.4, -0.2) is 71.5 Å². The van der Waals surface area contributed by atoms with Crippen molar-refractivity contribution in [3.63, 3.8) is 0 Å². The molecule has 0 aliphatic carbocycles. The Morgan fingerprint density at radius 3 is 2.53 bits per heavy atom. The average molecular weight is 556 g/mol. The predicted octanol–water partition coefficient (Wildman–Crippen LogP) is 3.42. The Balaban J connectivity index is 1.72. The largest absolute Gasteiger partial charge is 0.573 e. The number of anilines is 1. The van der Waals surface area contributed by atoms with E-state index in [0.29, 0.717) is 18.2 Å². The topological polar surface area (TPSA) is 115 Å². The molecule has 10 nitrogen and oxygen atoms in total. The van der Waals surface area contributed by atoms with Crippen LogP contribution in [0.5, 0.6) is 17.5 Å². The number of nitrogens with two attached hydrogens (primary N) is 1. The fourth-order valence-corrected chi connectivity index (χ4v) is 3.97. The summed E-state index contributed by atoms with van der Waals surface area (Å²) in [5.74, 6) is -0.891. The number of fused-ring (bicyclic) bond motifs is 1. The molecule has 1 atom stereocenters. The van der Waals surface area contributed by atoms with Crippen LogP contribution in [0.1, 0.15) is 16.1 Å². The number of ether oxygens (including phenoxy) is 3. The number of aliphatic hydroxyl groups excluding tert-OH is 1. The van der Waals surface area contributed by atoms with E-state index >= 15 is 0 Å². The third-order valence-electron chi connectivity index (χ3n) is 5.58. The summed E-state index contributed by atoms with van der Waals surface area (Å²) >= 11 is 6.01. The first-order valence-electron chi connectivity index (χ1n) is 11.5. The van der Waals surface area contributed by atoms with E-state index in [0.717, 1.165) is 17.7 Å². The normalized spacial score (nSPS) is 15.6. The maximum atomic E-state index is 13.6. The van der Waals surface area contributed by atoms with Crippen LogP contribution in [-0.2, 0) is 11.3 Å². The number of imidazole rings is 1. The molecule has 14 heteroatoms. The van der Waals surface area contributed by atoms with Gasteiger partial charge in [0.15, 0.2) is 11.5 Å². The maximum Gasteiger partial charge on any atom is 0.573 e. The lowest BCUT2D eigenvalue weighted by Crippen LogP contribution is -2.55. The summed E-state index contributed by atoms with van der Waals surface area (Å²) in [6.45, 7) is 0.931. The highest BCUT2D eigenvalue weighted by molar-refractivity contribution is 6.30. The molecule has 1 aliphatic heterocycles. The molecule has 1 aromatic heterocycles. The Labute approximate surface area is 220 Å². The van der Waals surface area contributed by atoms with Crippen LogP contribution in [0, 0.1) is 0 Å². The fourth-order valence-electron chi connectivity index (χ4n) is 3.84. The molecule has 38 heavy (non-hydrogen) atoms. The third-order valence-corrected chi connectivity index (χ3v) is 5.83. The number of alkyl halides is 3. The Hall–Kier alpha value is -3.52. The van der Waals surface area contributed by atoms with Crippen LogP contribution >= 0.6 is 11.6 Å². The van der Waals surface area contributed by atoms with Crippen molar-refractivity contribution in [3.8, 4) is 17.5 Å². The maximum absolute atomic E-state index is 13.6. The SMILES string of the molecule is CN1c2nc(Oc3cccc(OC(F)(F)F)c3)n(Cc3ccc(Cl)cc3)c2C(=O)N(CCOCCN)C1O. The van der Waals surface area contributed by atoms with E-state index in [1.165, 1.54) is 26.5 Å². The first kappa shape index (κ1) is 27.5. The number of carbonyl (C=O) groups excluding carboxylic acids is 1. The van der Waals surface area contributed by atoms with E-state index in [1.807, 2.05) is 0 Å². The number of nitrogens with zero attached hydrogens (tertiary/aromatic N) is 4. The molecule has 3 aromatic rings. The Bertz CT molecular complexity index is 1270. The van der Waals surface area contributed by atoms with Gasteiger partial charge in [-0.2, -0.15) is 4.98 Å². The highest BCUT2D eigenvalue weighted by Crippen LogP contribution is 2.36. The van der Waals surface area contributed by atoms with Gasteiger partial charge in [-0.1, -0.05) is 29.8 Å². The van der Waals surface area contributed by atoms with Gasteiger partial charge in [-0.15, -0.1) is 13.2 Å². The van der Waals surface area contributed by atoms with Crippen LogP contribution in [0.4, 0.5) is 19.0 Å². The zero-order valence-corrected chi connectivity index (χ0v) is 20.9. The number of carbonyl (C=O) groups is 1. The summed E-state index contributed by atoms with van der Waals surface area (Å²) in [6.07, 6.45) is -6.22. The van der Waals surface area contributed by atoms with Crippen molar-refractivity contribution in [2.75, 3.05) is 38.3 Å². The quantitative estimate of drug-likeness (QED) is 0.366. The number of aliphatic hydroxyl groups is 1. The van der Waals surface area contributed by atoms with Gasteiger partial charge in [-0.25, -0.2) is 0 Å². The van der Waals surface area contributed by atoms with Crippen molar-refractivity contribution in [3.05, 3.63) is 64.8 Å². The first-order valence-corrected chi connectivity index (χ1v) is 11.8. The highest BCUT2D eigenvalue weighted by Gasteiger charge is 2.40. The van der Waals surface area contributed by atoms with E-state index in [9.17, 15) is 23.1 Å². The van der Waals surface area contributed by atoms with Crippen molar-refractivity contribution in [1.82, 2.24) is 14.5 Å². The van der Waals surface area contributed by atoms with Gasteiger partial charge in [0.1, 0.15) is 11.5 Å². The lowest BCUT2D eigenvalue weighted by molar-refractivity contribution is -0.274. The number of benzene rings is 2. The second-order valence-electron chi connectivity index (χ2n) is 8.26. The van der Waals surface area contributed by atoms with Gasteiger partial charge in [0, 0.05) is 31.2 Å². The lowest BCUT2D eigenvalue weighted by Gasteiger charge is -2.38. The summed E-state index contributed by atoms with van der Waals surface area (Å²) in [6, 6.07) is 11.7. The Morgan fingerprint density at radius 1 is 1.13 bits per heavy atom. The molecule has 2 heterocycles. The van der Waals surface area contributed by atoms with Crippen LogP contribution in [0.15, 0.2) is 48.5 Å². The summed E-state index contributed by atoms with van der Waals surface area (Å²) in [5.41, 5.74) is 6.29. The molecule has 204 valence electrons. The smallest absolute Gasteiger partial charge is 0.425 e. The molecule has 0 saturated heterocycles. The monoisotopic (exact) mass is 555 g/mol. The van der Waals surface area contributed by atoms with Crippen LogP contribution in [0.3, 0.4) is 0 Å². The molecule has 1 unspecified atom stereocenters. The molecule has 4 rings (SSSR count). The average Bonchev–Trinajstić information content (AvgIpc) is 3.20. The summed E-state index contributed by atoms with van der Waals surface area (Å²) in [4.78, 5) is 20.6. The Kier molecular flexibility index (Phi) is 8.31. The number of rotatable bonds is 10. The van der Waals surface area contributed by atoms with Crippen LogP contribution in [0.25, 0.3) is 0 Å². The van der Waals surface area contributed by atoms with E-state index in [2.05, 4.69) is 9.72 Å². The Morgan fingerprint density at radius 2 is 1.84 bits per heavy atom. The summed E-state index contributed by atoms with van der Waals surface area (Å²) in [5, 5.41) is 11.3. The molecule has 2 aromatic carbocycles. The number of hydrogen-bond donors (Lipinski definition) is 2. The number of halogens is 4. The minimum absolute atomic E-state index is 0.00542. The molecular formula is C24H25ClF3N5O5. The summed E-state index contributed by atoms with van der Waals surface area (Å²) in [7, 11) is 1.55. The van der Waals surface area contributed by atoms with Crippen molar-refractivity contribution in [1.29, 1.82) is 0 Å². The van der Waals surface area contributed by atoms with Crippen LogP contribution in [0.2, 0.25) is 5.02 Å². The van der Waals surface area contributed by atoms with Gasteiger partial charge in [-0.05, 0) is 29.8 Å². The molecule has 0 spiro atoms. The van der Waals surface area contributed by atoms with E-state index in [4.69, 9.17) is 26.8 Å². The summed E-state index contributed by atoms with van der Waals surface area (Å²) < 4.78 is 54.8. The van der Waals surface area contributed by atoms with E-state index in [1.54, 1.807) is 31.3 Å². The molecule has 0 radical (unpaired) electrons. The molecule has 0 fully saturated rings. The highest BCUT2D eigenvalue weighted by atomic mass is 35.5. The van der Waals surface area contributed by atoms with Gasteiger partial charge < -0.3 is 30.0 Å². The van der Waals surface area contributed by atoms with Crippen LogP contribution < -0.4 is 20.1 Å². The number of hydrogen-bond acceptors (Lipinski definition) is 8. The molecule has 1 aliphatic rings. The number of amides is 1. The molecule has 1 amide bonds. The van der Waals surface area contributed by atoms with Crippen molar-refractivity contribution < 1.29 is 37.3 Å². The van der Waals surface area contributed by atoms with Crippen molar-refractivity contribution in [2.45, 2.75) is 19.3 Å². The van der Waals surface area contributed by atoms with Gasteiger partial charge in [-0.3, -0.25) is 14.3 Å². The molecular weight excluding hydrogens is 531 g/mol. The van der Waals surface area contributed by atoms with Gasteiger partial charge in [0.25, 0.3) is 5.91 Å². The molecule has 3 N–H and O–H groups in total. The lowest BCUT2D eigenvalue weighted by atomic mass is 10.2. The minimum atomic E-state index is -4.88. The third kappa shape index (κ3) is 6.30. The zero-order chi connectivity index (χ0) is 27.4. The standard InChI is InChI=1S/C24H25ClF3N5O5/c1-31-20-19(21(34)32(23(31)35)10-12-36-11-9-29)33(14-15-5-7-16(25)8-6-15)22(30-20)37-17-3-2-4-18(13-17)38-24(26,27)28/h2-8,13,23,35H,9-12,14,29H2,1H3.